The summed E-state index contributed by atoms with van der Waals surface area (Å²) >= 11 is 0. The smallest absolute Gasteiger partial charge is 0.165 e. The van der Waals surface area contributed by atoms with Crippen molar-refractivity contribution < 1.29 is 9.47 Å². The van der Waals surface area contributed by atoms with Gasteiger partial charge in [0.05, 0.1) is 7.11 Å². The predicted molar refractivity (Wildman–Crippen MR) is 85.7 cm³/mol. The Hall–Kier alpha value is -1.22. The summed E-state index contributed by atoms with van der Waals surface area (Å²) in [7, 11) is 4.08. The molecule has 1 aromatic carbocycles. The van der Waals surface area contributed by atoms with Crippen LogP contribution in [0, 0.1) is 11.8 Å². The fraction of sp³-hybridized carbons (Fsp3) is 0.684. The number of methoxy groups -OCH3 is 1. The molecule has 1 saturated heterocycles. The van der Waals surface area contributed by atoms with E-state index in [1.165, 1.54) is 43.4 Å². The van der Waals surface area contributed by atoms with Gasteiger partial charge in [0.15, 0.2) is 11.5 Å². The Morgan fingerprint density at radius 2 is 2.18 bits per heavy atom. The van der Waals surface area contributed by atoms with Gasteiger partial charge in [0, 0.05) is 17.0 Å². The Morgan fingerprint density at radius 3 is 3.00 bits per heavy atom. The van der Waals surface area contributed by atoms with Crippen molar-refractivity contribution in [3.05, 3.63) is 23.3 Å². The highest BCUT2D eigenvalue weighted by Crippen LogP contribution is 2.64. The van der Waals surface area contributed by atoms with Crippen LogP contribution in [-0.4, -0.2) is 37.7 Å². The van der Waals surface area contributed by atoms with E-state index in [9.17, 15) is 0 Å². The highest BCUT2D eigenvalue weighted by atomic mass is 16.5. The number of nitrogens with zero attached hydrogens (tertiary/aromatic N) is 1. The van der Waals surface area contributed by atoms with E-state index in [1.54, 1.807) is 7.11 Å². The molecule has 0 radical (unpaired) electrons. The summed E-state index contributed by atoms with van der Waals surface area (Å²) in [6.07, 6.45) is 5.43. The van der Waals surface area contributed by atoms with Crippen molar-refractivity contribution >= 4 is 0 Å². The standard InChI is InChI=1S/C19H25NO2/c1-11-4-6-13-14-10-12-5-7-15(21-3)17-16(12)19(13,18(11)22-17)8-9-20(14)2/h5,7,11,13-14,18H,4,6,8-10H2,1-3H3/t11?,13-,14+,18-,19-/m1/s1. The molecule has 4 aliphatic rings. The third kappa shape index (κ3) is 1.33. The largest absolute Gasteiger partial charge is 0.493 e. The van der Waals surface area contributed by atoms with Gasteiger partial charge in [-0.2, -0.15) is 0 Å². The number of hydrogen-bond donors (Lipinski definition) is 0. The molecule has 2 fully saturated rings. The van der Waals surface area contributed by atoms with Gasteiger partial charge in [0.1, 0.15) is 6.10 Å². The number of piperidine rings is 1. The Morgan fingerprint density at radius 1 is 1.32 bits per heavy atom. The maximum absolute atomic E-state index is 6.60. The van der Waals surface area contributed by atoms with Crippen LogP contribution >= 0.6 is 0 Å². The lowest BCUT2D eigenvalue weighted by atomic mass is 9.50. The van der Waals surface area contributed by atoms with Gasteiger partial charge < -0.3 is 14.4 Å². The quantitative estimate of drug-likeness (QED) is 0.796. The van der Waals surface area contributed by atoms with E-state index in [-0.39, 0.29) is 5.41 Å². The Bertz CT molecular complexity index is 643. The van der Waals surface area contributed by atoms with E-state index >= 15 is 0 Å². The molecule has 2 aliphatic carbocycles. The van der Waals surface area contributed by atoms with Gasteiger partial charge in [-0.25, -0.2) is 0 Å². The summed E-state index contributed by atoms with van der Waals surface area (Å²) in [5, 5.41) is 0. The van der Waals surface area contributed by atoms with Crippen molar-refractivity contribution in [2.75, 3.05) is 20.7 Å². The van der Waals surface area contributed by atoms with Crippen molar-refractivity contribution in [2.24, 2.45) is 11.8 Å². The molecule has 1 saturated carbocycles. The molecule has 2 heterocycles. The van der Waals surface area contributed by atoms with E-state index in [0.29, 0.717) is 18.1 Å². The Balaban J connectivity index is 1.80. The average Bonchev–Trinajstić information content (AvgIpc) is 2.88. The van der Waals surface area contributed by atoms with Crippen LogP contribution < -0.4 is 9.47 Å². The number of benzene rings is 1. The molecular formula is C19H25NO2. The van der Waals surface area contributed by atoms with Crippen LogP contribution in [0.15, 0.2) is 12.1 Å². The first-order chi connectivity index (χ1) is 10.7. The third-order valence-corrected chi connectivity index (χ3v) is 7.10. The summed E-state index contributed by atoms with van der Waals surface area (Å²) in [6, 6.07) is 5.11. The molecule has 3 heteroatoms. The van der Waals surface area contributed by atoms with Crippen LogP contribution in [-0.2, 0) is 11.8 Å². The Labute approximate surface area is 132 Å². The van der Waals surface area contributed by atoms with Crippen molar-refractivity contribution in [1.29, 1.82) is 0 Å². The molecule has 2 aliphatic heterocycles. The van der Waals surface area contributed by atoms with Crippen molar-refractivity contribution in [2.45, 2.75) is 50.2 Å². The van der Waals surface area contributed by atoms with Crippen LogP contribution in [0.1, 0.15) is 37.3 Å². The number of hydrogen-bond acceptors (Lipinski definition) is 3. The number of likely N-dealkylation sites (N-methyl/N-ethyl adjacent to an activating group) is 1. The zero-order valence-electron chi connectivity index (χ0n) is 13.8. The monoisotopic (exact) mass is 299 g/mol. The molecule has 1 unspecified atom stereocenters. The SMILES string of the molecule is COc1ccc2c3c1O[C@@H]1C(C)CC[C@@H]4[C@H](C2)N(C)CC[C@@]314. The van der Waals surface area contributed by atoms with Crippen LogP contribution in [0.4, 0.5) is 0 Å². The molecule has 118 valence electrons. The molecule has 5 atom stereocenters. The highest BCUT2D eigenvalue weighted by Gasteiger charge is 2.64. The number of likely N-dealkylation sites (tertiary alicyclic amines) is 1. The zero-order valence-corrected chi connectivity index (χ0v) is 13.8. The predicted octanol–water partition coefficient (Wildman–Crippen LogP) is 3.00. The van der Waals surface area contributed by atoms with Crippen molar-refractivity contribution in [1.82, 2.24) is 4.90 Å². The van der Waals surface area contributed by atoms with Crippen LogP contribution in [0.2, 0.25) is 0 Å². The lowest BCUT2D eigenvalue weighted by molar-refractivity contribution is -0.0650. The first-order valence-electron chi connectivity index (χ1n) is 8.74. The molecule has 22 heavy (non-hydrogen) atoms. The summed E-state index contributed by atoms with van der Waals surface area (Å²) in [6.45, 7) is 3.58. The lowest BCUT2D eigenvalue weighted by Gasteiger charge is -2.58. The average molecular weight is 299 g/mol. The van der Waals surface area contributed by atoms with Crippen LogP contribution in [0.25, 0.3) is 0 Å². The highest BCUT2D eigenvalue weighted by molar-refractivity contribution is 5.61. The second-order valence-corrected chi connectivity index (χ2v) is 7.87. The summed E-state index contributed by atoms with van der Waals surface area (Å²) < 4.78 is 12.2. The maximum atomic E-state index is 6.60. The minimum Gasteiger partial charge on any atom is -0.493 e. The van der Waals surface area contributed by atoms with Gasteiger partial charge in [-0.15, -0.1) is 0 Å². The zero-order chi connectivity index (χ0) is 15.1. The van der Waals surface area contributed by atoms with E-state index in [1.807, 2.05) is 0 Å². The van der Waals surface area contributed by atoms with Gasteiger partial charge in [-0.05, 0) is 62.7 Å². The minimum atomic E-state index is 0.256. The second kappa shape index (κ2) is 4.19. The van der Waals surface area contributed by atoms with Gasteiger partial charge in [-0.1, -0.05) is 13.0 Å². The molecular weight excluding hydrogens is 274 g/mol. The molecule has 0 amide bonds. The summed E-state index contributed by atoms with van der Waals surface area (Å²) in [4.78, 5) is 2.61. The fourth-order valence-electron chi connectivity index (χ4n) is 6.15. The third-order valence-electron chi connectivity index (χ3n) is 7.10. The topological polar surface area (TPSA) is 21.7 Å². The first-order valence-corrected chi connectivity index (χ1v) is 8.74. The maximum Gasteiger partial charge on any atom is 0.165 e. The molecule has 5 rings (SSSR count). The summed E-state index contributed by atoms with van der Waals surface area (Å²) in [5.41, 5.74) is 3.30. The van der Waals surface area contributed by atoms with E-state index < -0.39 is 0 Å². The molecule has 1 aromatic rings. The summed E-state index contributed by atoms with van der Waals surface area (Å²) in [5.74, 6) is 3.41. The van der Waals surface area contributed by atoms with Crippen molar-refractivity contribution in [3.63, 3.8) is 0 Å². The minimum absolute atomic E-state index is 0.256. The normalized spacial score (nSPS) is 41.8. The van der Waals surface area contributed by atoms with E-state index in [0.717, 1.165) is 17.4 Å². The van der Waals surface area contributed by atoms with E-state index in [2.05, 4.69) is 31.0 Å². The fourth-order valence-corrected chi connectivity index (χ4v) is 6.15. The van der Waals surface area contributed by atoms with Gasteiger partial charge in [0.2, 0.25) is 0 Å². The van der Waals surface area contributed by atoms with Crippen molar-refractivity contribution in [3.8, 4) is 11.5 Å². The first kappa shape index (κ1) is 13.2. The van der Waals surface area contributed by atoms with E-state index in [4.69, 9.17) is 9.47 Å². The van der Waals surface area contributed by atoms with Gasteiger partial charge >= 0.3 is 0 Å². The molecule has 3 nitrogen and oxygen atoms in total. The molecule has 0 N–H and O–H groups in total. The number of rotatable bonds is 1. The second-order valence-electron chi connectivity index (χ2n) is 7.87. The molecule has 0 aromatic heterocycles. The lowest BCUT2D eigenvalue weighted by Crippen LogP contribution is -2.64. The van der Waals surface area contributed by atoms with Gasteiger partial charge in [0.25, 0.3) is 0 Å². The molecule has 1 spiro atoms. The van der Waals surface area contributed by atoms with Gasteiger partial charge in [-0.3, -0.25) is 0 Å². The number of ether oxygens (including phenoxy) is 2. The van der Waals surface area contributed by atoms with Crippen LogP contribution in [0.3, 0.4) is 0 Å². The van der Waals surface area contributed by atoms with Crippen LogP contribution in [0.5, 0.6) is 11.5 Å². The Kier molecular flexibility index (Phi) is 2.52. The molecule has 2 bridgehead atoms.